The molecule has 78 valence electrons. The Bertz CT molecular complexity index is 284. The first-order valence-electron chi connectivity index (χ1n) is 4.85. The van der Waals surface area contributed by atoms with E-state index in [-0.39, 0.29) is 5.91 Å². The lowest BCUT2D eigenvalue weighted by molar-refractivity contribution is -0.120. The van der Waals surface area contributed by atoms with E-state index in [0.29, 0.717) is 6.42 Å². The number of rotatable bonds is 2. The highest BCUT2D eigenvalue weighted by atomic mass is 16.1. The summed E-state index contributed by atoms with van der Waals surface area (Å²) in [5.74, 6) is -0.00639. The molecule has 0 saturated carbocycles. The van der Waals surface area contributed by atoms with Crippen molar-refractivity contribution in [3.8, 4) is 0 Å². The van der Waals surface area contributed by atoms with Crippen molar-refractivity contribution < 1.29 is 4.79 Å². The van der Waals surface area contributed by atoms with E-state index in [0.717, 1.165) is 11.4 Å². The van der Waals surface area contributed by atoms with Gasteiger partial charge in [-0.05, 0) is 19.1 Å². The Hall–Kier alpha value is -1.38. The summed E-state index contributed by atoms with van der Waals surface area (Å²) in [6.45, 7) is 5.91. The lowest BCUT2D eigenvalue weighted by Gasteiger charge is -1.99. The van der Waals surface area contributed by atoms with Crippen molar-refractivity contribution in [2.75, 3.05) is 7.05 Å². The van der Waals surface area contributed by atoms with Crippen LogP contribution in [0.15, 0.2) is 18.2 Å². The molecule has 1 rings (SSSR count). The first kappa shape index (κ1) is 12.6. The van der Waals surface area contributed by atoms with Crippen LogP contribution in [0.2, 0.25) is 0 Å². The number of aromatic nitrogens is 1. The van der Waals surface area contributed by atoms with Crippen LogP contribution in [-0.2, 0) is 11.2 Å². The third-order valence-electron chi connectivity index (χ3n) is 1.57. The van der Waals surface area contributed by atoms with E-state index < -0.39 is 0 Å². The van der Waals surface area contributed by atoms with Gasteiger partial charge in [0.2, 0.25) is 5.91 Å². The molecule has 1 heterocycles. The summed E-state index contributed by atoms with van der Waals surface area (Å²) in [6, 6.07) is 5.66. The van der Waals surface area contributed by atoms with Gasteiger partial charge in [-0.15, -0.1) is 0 Å². The van der Waals surface area contributed by atoms with Gasteiger partial charge < -0.3 is 5.32 Å². The molecular weight excluding hydrogens is 176 g/mol. The molecule has 0 aliphatic heterocycles. The molecule has 1 amide bonds. The summed E-state index contributed by atoms with van der Waals surface area (Å²) in [5.41, 5.74) is 1.76. The predicted octanol–water partition coefficient (Wildman–Crippen LogP) is 1.70. The van der Waals surface area contributed by atoms with E-state index in [1.54, 1.807) is 7.05 Å². The molecule has 0 radical (unpaired) electrons. The van der Waals surface area contributed by atoms with Crippen molar-refractivity contribution in [2.45, 2.75) is 27.2 Å². The van der Waals surface area contributed by atoms with Crippen LogP contribution in [0.25, 0.3) is 0 Å². The van der Waals surface area contributed by atoms with E-state index in [2.05, 4.69) is 10.3 Å². The molecule has 0 aliphatic rings. The second-order valence-electron chi connectivity index (χ2n) is 2.62. The van der Waals surface area contributed by atoms with Gasteiger partial charge in [0, 0.05) is 18.4 Å². The summed E-state index contributed by atoms with van der Waals surface area (Å²) in [6.07, 6.45) is 0.359. The van der Waals surface area contributed by atoms with Crippen molar-refractivity contribution in [1.29, 1.82) is 0 Å². The number of nitrogens with one attached hydrogen (secondary N) is 1. The minimum atomic E-state index is -0.00639. The molecule has 0 atom stereocenters. The van der Waals surface area contributed by atoms with Crippen LogP contribution in [0.3, 0.4) is 0 Å². The molecule has 1 aromatic heterocycles. The Balaban J connectivity index is 0.000000791. The highest BCUT2D eigenvalue weighted by Crippen LogP contribution is 1.98. The maximum Gasteiger partial charge on any atom is 0.225 e. The second kappa shape index (κ2) is 7.06. The molecule has 0 spiro atoms. The number of hydrogen-bond donors (Lipinski definition) is 1. The Labute approximate surface area is 85.6 Å². The largest absolute Gasteiger partial charge is 0.359 e. The predicted molar refractivity (Wildman–Crippen MR) is 58.1 cm³/mol. The Morgan fingerprint density at radius 1 is 1.43 bits per heavy atom. The molecule has 0 bridgehead atoms. The summed E-state index contributed by atoms with van der Waals surface area (Å²) in [4.78, 5) is 15.1. The van der Waals surface area contributed by atoms with Crippen LogP contribution >= 0.6 is 0 Å². The van der Waals surface area contributed by atoms with Crippen LogP contribution < -0.4 is 5.32 Å². The van der Waals surface area contributed by atoms with Gasteiger partial charge in [0.15, 0.2) is 0 Å². The Morgan fingerprint density at radius 2 is 2.07 bits per heavy atom. The van der Waals surface area contributed by atoms with E-state index in [4.69, 9.17) is 0 Å². The zero-order valence-corrected chi connectivity index (χ0v) is 9.29. The Kier molecular flexibility index (Phi) is 6.37. The number of carbonyl (C=O) groups is 1. The van der Waals surface area contributed by atoms with Crippen molar-refractivity contribution in [3.05, 3.63) is 29.6 Å². The monoisotopic (exact) mass is 194 g/mol. The van der Waals surface area contributed by atoms with Gasteiger partial charge in [0.05, 0.1) is 6.42 Å². The molecule has 0 aliphatic carbocycles. The standard InChI is InChI=1S/C9H12N2O.C2H6/c1-7-4-3-5-8(11-7)6-9(12)10-2;1-2/h3-5H,6H2,1-2H3,(H,10,12);1-2H3. The van der Waals surface area contributed by atoms with Crippen LogP contribution in [-0.4, -0.2) is 17.9 Å². The smallest absolute Gasteiger partial charge is 0.225 e. The fourth-order valence-corrected chi connectivity index (χ4v) is 0.951. The lowest BCUT2D eigenvalue weighted by atomic mass is 10.2. The zero-order valence-electron chi connectivity index (χ0n) is 9.29. The van der Waals surface area contributed by atoms with E-state index in [9.17, 15) is 4.79 Å². The van der Waals surface area contributed by atoms with Crippen molar-refractivity contribution in [1.82, 2.24) is 10.3 Å². The van der Waals surface area contributed by atoms with Crippen LogP contribution in [0.5, 0.6) is 0 Å². The topological polar surface area (TPSA) is 42.0 Å². The fourth-order valence-electron chi connectivity index (χ4n) is 0.951. The Morgan fingerprint density at radius 3 is 2.57 bits per heavy atom. The average Bonchev–Trinajstić information content (AvgIpc) is 2.21. The van der Waals surface area contributed by atoms with Gasteiger partial charge in [0.1, 0.15) is 0 Å². The number of hydrogen-bond acceptors (Lipinski definition) is 2. The molecule has 3 nitrogen and oxygen atoms in total. The van der Waals surface area contributed by atoms with Gasteiger partial charge in [-0.3, -0.25) is 9.78 Å². The first-order valence-corrected chi connectivity index (χ1v) is 4.85. The highest BCUT2D eigenvalue weighted by Gasteiger charge is 2.00. The van der Waals surface area contributed by atoms with Gasteiger partial charge in [-0.1, -0.05) is 19.9 Å². The zero-order chi connectivity index (χ0) is 11.0. The molecule has 1 N–H and O–H groups in total. The summed E-state index contributed by atoms with van der Waals surface area (Å²) in [5, 5.41) is 2.55. The van der Waals surface area contributed by atoms with E-state index in [1.807, 2.05) is 39.0 Å². The highest BCUT2D eigenvalue weighted by molar-refractivity contribution is 5.77. The number of carbonyl (C=O) groups excluding carboxylic acids is 1. The number of amides is 1. The molecule has 0 aromatic carbocycles. The maximum atomic E-state index is 10.9. The quantitative estimate of drug-likeness (QED) is 0.778. The minimum absolute atomic E-state index is 0.00639. The maximum absolute atomic E-state index is 10.9. The molecular formula is C11H18N2O. The molecule has 1 aromatic rings. The first-order chi connectivity index (χ1) is 6.72. The average molecular weight is 194 g/mol. The molecule has 14 heavy (non-hydrogen) atoms. The minimum Gasteiger partial charge on any atom is -0.359 e. The summed E-state index contributed by atoms with van der Waals surface area (Å²) in [7, 11) is 1.62. The van der Waals surface area contributed by atoms with Crippen molar-refractivity contribution >= 4 is 5.91 Å². The molecule has 3 heteroatoms. The third-order valence-corrected chi connectivity index (χ3v) is 1.57. The number of nitrogens with zero attached hydrogens (tertiary/aromatic N) is 1. The third kappa shape index (κ3) is 4.60. The van der Waals surface area contributed by atoms with E-state index >= 15 is 0 Å². The molecule has 0 unspecified atom stereocenters. The van der Waals surface area contributed by atoms with Gasteiger partial charge >= 0.3 is 0 Å². The second-order valence-corrected chi connectivity index (χ2v) is 2.62. The van der Waals surface area contributed by atoms with Crippen molar-refractivity contribution in [3.63, 3.8) is 0 Å². The number of pyridine rings is 1. The van der Waals surface area contributed by atoms with Crippen molar-refractivity contribution in [2.24, 2.45) is 0 Å². The molecule has 0 fully saturated rings. The number of likely N-dealkylation sites (N-methyl/N-ethyl adjacent to an activating group) is 1. The van der Waals surface area contributed by atoms with Crippen LogP contribution in [0.4, 0.5) is 0 Å². The normalized spacial score (nSPS) is 8.57. The van der Waals surface area contributed by atoms with Crippen LogP contribution in [0, 0.1) is 6.92 Å². The fraction of sp³-hybridized carbons (Fsp3) is 0.455. The molecule has 0 saturated heterocycles. The van der Waals surface area contributed by atoms with Gasteiger partial charge in [-0.25, -0.2) is 0 Å². The number of aryl methyl sites for hydroxylation is 1. The SMILES string of the molecule is CC.CNC(=O)Cc1cccc(C)n1. The van der Waals surface area contributed by atoms with Crippen LogP contribution in [0.1, 0.15) is 25.2 Å². The summed E-state index contributed by atoms with van der Waals surface area (Å²) < 4.78 is 0. The van der Waals surface area contributed by atoms with Gasteiger partial charge in [-0.2, -0.15) is 0 Å². The van der Waals surface area contributed by atoms with E-state index in [1.165, 1.54) is 0 Å². The summed E-state index contributed by atoms with van der Waals surface area (Å²) >= 11 is 0. The van der Waals surface area contributed by atoms with Gasteiger partial charge in [0.25, 0.3) is 0 Å². The lowest BCUT2D eigenvalue weighted by Crippen LogP contribution is -2.20.